The molecule has 0 spiro atoms. The van der Waals surface area contributed by atoms with Gasteiger partial charge in [0.2, 0.25) is 0 Å². The van der Waals surface area contributed by atoms with Gasteiger partial charge in [0, 0.05) is 11.1 Å². The first kappa shape index (κ1) is 11.4. The summed E-state index contributed by atoms with van der Waals surface area (Å²) in [4.78, 5) is 0. The van der Waals surface area contributed by atoms with Crippen molar-refractivity contribution in [3.8, 4) is 0 Å². The molecule has 0 aliphatic rings. The van der Waals surface area contributed by atoms with Crippen LogP contribution in [0.4, 0.5) is 11.4 Å². The summed E-state index contributed by atoms with van der Waals surface area (Å²) in [5, 5.41) is 0.934. The standard InChI is InChI=1S/C16H14N2O/c17-13-7-3-1-5-11(13)9-10-15-16(18)12-6-2-4-8-14(12)19-15/h1-10H,17-18H2. The van der Waals surface area contributed by atoms with E-state index in [0.717, 1.165) is 22.2 Å². The molecule has 0 saturated carbocycles. The Labute approximate surface area is 111 Å². The minimum atomic E-state index is 0.654. The number of fused-ring (bicyclic) bond motifs is 1. The van der Waals surface area contributed by atoms with Crippen LogP contribution in [0.5, 0.6) is 0 Å². The second kappa shape index (κ2) is 4.53. The summed E-state index contributed by atoms with van der Waals surface area (Å²) in [6, 6.07) is 15.4. The highest BCUT2D eigenvalue weighted by Gasteiger charge is 2.07. The van der Waals surface area contributed by atoms with E-state index in [1.807, 2.05) is 60.7 Å². The summed E-state index contributed by atoms with van der Waals surface area (Å²) in [7, 11) is 0. The third kappa shape index (κ3) is 2.06. The lowest BCUT2D eigenvalue weighted by atomic mass is 10.1. The van der Waals surface area contributed by atoms with Crippen molar-refractivity contribution in [1.82, 2.24) is 0 Å². The molecule has 0 atom stereocenters. The Bertz CT molecular complexity index is 756. The third-order valence-electron chi connectivity index (χ3n) is 3.07. The minimum absolute atomic E-state index is 0.654. The highest BCUT2D eigenvalue weighted by Crippen LogP contribution is 2.29. The van der Waals surface area contributed by atoms with Crippen molar-refractivity contribution >= 4 is 34.5 Å². The van der Waals surface area contributed by atoms with Crippen LogP contribution >= 0.6 is 0 Å². The molecule has 94 valence electrons. The number of hydrogen-bond donors (Lipinski definition) is 2. The van der Waals surface area contributed by atoms with Gasteiger partial charge in [0.15, 0.2) is 5.76 Å². The van der Waals surface area contributed by atoms with Gasteiger partial charge in [-0.3, -0.25) is 0 Å². The molecule has 19 heavy (non-hydrogen) atoms. The van der Waals surface area contributed by atoms with Crippen molar-refractivity contribution in [1.29, 1.82) is 0 Å². The molecule has 0 unspecified atom stereocenters. The van der Waals surface area contributed by atoms with Crippen LogP contribution in [0.1, 0.15) is 11.3 Å². The summed E-state index contributed by atoms with van der Waals surface area (Å²) < 4.78 is 5.71. The molecule has 0 radical (unpaired) electrons. The monoisotopic (exact) mass is 250 g/mol. The fraction of sp³-hybridized carbons (Fsp3) is 0. The van der Waals surface area contributed by atoms with Gasteiger partial charge in [0.1, 0.15) is 5.58 Å². The molecule has 0 amide bonds. The van der Waals surface area contributed by atoms with Gasteiger partial charge < -0.3 is 15.9 Å². The van der Waals surface area contributed by atoms with Gasteiger partial charge in [-0.1, -0.05) is 30.3 Å². The Balaban J connectivity index is 2.02. The van der Waals surface area contributed by atoms with Crippen LogP contribution in [0.2, 0.25) is 0 Å². The minimum Gasteiger partial charge on any atom is -0.454 e. The zero-order valence-electron chi connectivity index (χ0n) is 10.3. The molecular formula is C16H14N2O. The lowest BCUT2D eigenvalue weighted by Gasteiger charge is -1.97. The number of rotatable bonds is 2. The average Bonchev–Trinajstić information content (AvgIpc) is 2.75. The molecule has 3 heteroatoms. The highest BCUT2D eigenvalue weighted by atomic mass is 16.3. The molecule has 3 rings (SSSR count). The second-order valence-corrected chi connectivity index (χ2v) is 4.34. The van der Waals surface area contributed by atoms with Crippen molar-refractivity contribution in [3.05, 3.63) is 59.9 Å². The van der Waals surface area contributed by atoms with Crippen LogP contribution in [-0.4, -0.2) is 0 Å². The lowest BCUT2D eigenvalue weighted by Crippen LogP contribution is -1.87. The van der Waals surface area contributed by atoms with E-state index in [2.05, 4.69) is 0 Å². The molecule has 4 N–H and O–H groups in total. The summed E-state index contributed by atoms with van der Waals surface area (Å²) in [5.74, 6) is 0.657. The Kier molecular flexibility index (Phi) is 2.72. The Hall–Kier alpha value is -2.68. The first-order valence-corrected chi connectivity index (χ1v) is 6.05. The Morgan fingerprint density at radius 1 is 0.842 bits per heavy atom. The van der Waals surface area contributed by atoms with Crippen LogP contribution in [0.3, 0.4) is 0 Å². The maximum Gasteiger partial charge on any atom is 0.151 e. The Morgan fingerprint density at radius 3 is 2.37 bits per heavy atom. The molecule has 2 aromatic carbocycles. The van der Waals surface area contributed by atoms with E-state index in [9.17, 15) is 0 Å². The zero-order chi connectivity index (χ0) is 13.2. The number of nitrogens with two attached hydrogens (primary N) is 2. The molecule has 1 aromatic heterocycles. The van der Waals surface area contributed by atoms with Crippen LogP contribution in [-0.2, 0) is 0 Å². The SMILES string of the molecule is Nc1ccccc1C=Cc1oc2ccccc2c1N. The number of para-hydroxylation sites is 2. The molecular weight excluding hydrogens is 236 g/mol. The summed E-state index contributed by atoms with van der Waals surface area (Å²) in [6.07, 6.45) is 3.75. The van der Waals surface area contributed by atoms with Crippen molar-refractivity contribution < 1.29 is 4.42 Å². The maximum absolute atomic E-state index is 6.06. The third-order valence-corrected chi connectivity index (χ3v) is 3.07. The fourth-order valence-electron chi connectivity index (χ4n) is 2.04. The molecule has 1 heterocycles. The van der Waals surface area contributed by atoms with E-state index >= 15 is 0 Å². The van der Waals surface area contributed by atoms with Gasteiger partial charge in [-0.15, -0.1) is 0 Å². The zero-order valence-corrected chi connectivity index (χ0v) is 10.3. The van der Waals surface area contributed by atoms with Crippen LogP contribution in [0, 0.1) is 0 Å². The fourth-order valence-corrected chi connectivity index (χ4v) is 2.04. The molecule has 0 bridgehead atoms. The van der Waals surface area contributed by atoms with Crippen LogP contribution in [0.15, 0.2) is 52.9 Å². The van der Waals surface area contributed by atoms with Gasteiger partial charge >= 0.3 is 0 Å². The number of furan rings is 1. The molecule has 3 aromatic rings. The largest absolute Gasteiger partial charge is 0.454 e. The second-order valence-electron chi connectivity index (χ2n) is 4.34. The van der Waals surface area contributed by atoms with Crippen LogP contribution in [0.25, 0.3) is 23.1 Å². The van der Waals surface area contributed by atoms with E-state index in [-0.39, 0.29) is 0 Å². The van der Waals surface area contributed by atoms with Gasteiger partial charge in [-0.2, -0.15) is 0 Å². The van der Waals surface area contributed by atoms with E-state index in [0.29, 0.717) is 11.4 Å². The van der Waals surface area contributed by atoms with Gasteiger partial charge in [-0.05, 0) is 35.9 Å². The van der Waals surface area contributed by atoms with Crippen molar-refractivity contribution in [2.24, 2.45) is 0 Å². The maximum atomic E-state index is 6.06. The van der Waals surface area contributed by atoms with E-state index in [1.165, 1.54) is 0 Å². The molecule has 3 nitrogen and oxygen atoms in total. The van der Waals surface area contributed by atoms with Crippen molar-refractivity contribution in [3.63, 3.8) is 0 Å². The van der Waals surface area contributed by atoms with E-state index in [1.54, 1.807) is 0 Å². The predicted octanol–water partition coefficient (Wildman–Crippen LogP) is 3.77. The van der Waals surface area contributed by atoms with Crippen molar-refractivity contribution in [2.45, 2.75) is 0 Å². The van der Waals surface area contributed by atoms with E-state index in [4.69, 9.17) is 15.9 Å². The molecule has 0 aliphatic carbocycles. The quantitative estimate of drug-likeness (QED) is 0.680. The summed E-state index contributed by atoms with van der Waals surface area (Å²) in [6.45, 7) is 0. The van der Waals surface area contributed by atoms with Gasteiger partial charge in [-0.25, -0.2) is 0 Å². The summed E-state index contributed by atoms with van der Waals surface area (Å²) in [5.41, 5.74) is 15.1. The Morgan fingerprint density at radius 2 is 1.58 bits per heavy atom. The molecule has 0 saturated heterocycles. The highest BCUT2D eigenvalue weighted by molar-refractivity contribution is 5.95. The number of anilines is 2. The van der Waals surface area contributed by atoms with Gasteiger partial charge in [0.25, 0.3) is 0 Å². The van der Waals surface area contributed by atoms with Gasteiger partial charge in [0.05, 0.1) is 5.69 Å². The first-order valence-electron chi connectivity index (χ1n) is 6.05. The average molecular weight is 250 g/mol. The van der Waals surface area contributed by atoms with Crippen molar-refractivity contribution in [2.75, 3.05) is 11.5 Å². The smallest absolute Gasteiger partial charge is 0.151 e. The number of nitrogen functional groups attached to an aromatic ring is 2. The topological polar surface area (TPSA) is 65.2 Å². The lowest BCUT2D eigenvalue weighted by molar-refractivity contribution is 0.606. The first-order chi connectivity index (χ1) is 9.25. The van der Waals surface area contributed by atoms with E-state index < -0.39 is 0 Å². The van der Waals surface area contributed by atoms with Crippen LogP contribution < -0.4 is 11.5 Å². The normalized spacial score (nSPS) is 11.4. The summed E-state index contributed by atoms with van der Waals surface area (Å²) >= 11 is 0. The molecule has 0 fully saturated rings. The predicted molar refractivity (Wildman–Crippen MR) is 80.4 cm³/mol. The molecule has 0 aliphatic heterocycles. The number of hydrogen-bond acceptors (Lipinski definition) is 3. The number of benzene rings is 2.